The summed E-state index contributed by atoms with van der Waals surface area (Å²) < 4.78 is 0.576. The van der Waals surface area contributed by atoms with E-state index in [9.17, 15) is 24.6 Å². The molecule has 2 aromatic carbocycles. The molecule has 1 aromatic heterocycles. The van der Waals surface area contributed by atoms with E-state index in [4.69, 9.17) is 0 Å². The van der Waals surface area contributed by atoms with E-state index in [1.54, 1.807) is 12.1 Å². The van der Waals surface area contributed by atoms with Gasteiger partial charge in [0, 0.05) is 10.8 Å². The van der Waals surface area contributed by atoms with Crippen molar-refractivity contribution in [3.63, 3.8) is 0 Å². The minimum atomic E-state index is -1.15. The molecule has 1 heterocycles. The fraction of sp³-hybridized carbons (Fsp3) is 0. The molecular weight excluding hydrogens is 292 g/mol. The molecule has 0 saturated carbocycles. The van der Waals surface area contributed by atoms with Crippen molar-refractivity contribution in [3.05, 3.63) is 57.7 Å². The van der Waals surface area contributed by atoms with Crippen LogP contribution >= 0.6 is 11.3 Å². The normalized spacial score (nSPS) is 10.9. The molecule has 0 atom stereocenters. The molecule has 5 nitrogen and oxygen atoms in total. The van der Waals surface area contributed by atoms with Crippen molar-refractivity contribution in [2.45, 2.75) is 0 Å². The molecule has 0 bridgehead atoms. The van der Waals surface area contributed by atoms with Gasteiger partial charge in [0.15, 0.2) is 5.43 Å². The second-order valence-corrected chi connectivity index (χ2v) is 5.43. The molecule has 0 aliphatic heterocycles. The number of carboxylic acids is 2. The van der Waals surface area contributed by atoms with Crippen LogP contribution in [0, 0.1) is 0 Å². The predicted molar refractivity (Wildman–Crippen MR) is 79.5 cm³/mol. The molecule has 0 radical (unpaired) electrons. The highest BCUT2D eigenvalue weighted by Gasteiger charge is 2.16. The van der Waals surface area contributed by atoms with E-state index in [1.807, 2.05) is 0 Å². The summed E-state index contributed by atoms with van der Waals surface area (Å²) in [5, 5.41) is 19.0. The summed E-state index contributed by atoms with van der Waals surface area (Å²) in [6.07, 6.45) is 0. The van der Waals surface area contributed by atoms with Crippen molar-refractivity contribution in [1.29, 1.82) is 0 Å². The Kier molecular flexibility index (Phi) is 2.95. The average molecular weight is 300 g/mol. The van der Waals surface area contributed by atoms with Crippen molar-refractivity contribution in [1.82, 2.24) is 0 Å². The molecule has 104 valence electrons. The summed E-state index contributed by atoms with van der Waals surface area (Å²) >= 11 is 1.01. The first kappa shape index (κ1) is 13.3. The molecule has 3 rings (SSSR count). The first-order valence-electron chi connectivity index (χ1n) is 5.96. The third kappa shape index (κ3) is 1.96. The number of carbonyl (C=O) groups is 2. The lowest BCUT2D eigenvalue weighted by Gasteiger charge is -2.05. The van der Waals surface area contributed by atoms with Crippen molar-refractivity contribution in [3.8, 4) is 0 Å². The number of carboxylic acid groups (broad SMARTS) is 2. The topological polar surface area (TPSA) is 91.7 Å². The van der Waals surface area contributed by atoms with Gasteiger partial charge in [-0.1, -0.05) is 12.1 Å². The minimum absolute atomic E-state index is 0.00306. The van der Waals surface area contributed by atoms with Crippen molar-refractivity contribution >= 4 is 43.4 Å². The van der Waals surface area contributed by atoms with Crippen LogP contribution in [0.1, 0.15) is 20.7 Å². The van der Waals surface area contributed by atoms with E-state index >= 15 is 0 Å². The maximum absolute atomic E-state index is 12.5. The molecular formula is C15H8O5S. The van der Waals surface area contributed by atoms with Crippen LogP contribution in [0.3, 0.4) is 0 Å². The van der Waals surface area contributed by atoms with Crippen molar-refractivity contribution in [2.24, 2.45) is 0 Å². The number of aromatic carboxylic acids is 2. The van der Waals surface area contributed by atoms with E-state index in [-0.39, 0.29) is 36.7 Å². The molecule has 2 N–H and O–H groups in total. The lowest BCUT2D eigenvalue weighted by Crippen LogP contribution is -2.07. The Labute approximate surface area is 121 Å². The Hall–Kier alpha value is -2.73. The van der Waals surface area contributed by atoms with Gasteiger partial charge in [-0.15, -0.1) is 11.3 Å². The molecule has 3 aromatic rings. The van der Waals surface area contributed by atoms with Gasteiger partial charge >= 0.3 is 11.9 Å². The summed E-state index contributed by atoms with van der Waals surface area (Å²) in [4.78, 5) is 35.0. The Morgan fingerprint density at radius 3 is 1.62 bits per heavy atom. The zero-order chi connectivity index (χ0) is 15.1. The molecule has 6 heteroatoms. The van der Waals surface area contributed by atoms with Gasteiger partial charge in [-0.05, 0) is 24.3 Å². The maximum Gasteiger partial charge on any atom is 0.337 e. The van der Waals surface area contributed by atoms with Crippen molar-refractivity contribution in [2.75, 3.05) is 0 Å². The molecule has 0 amide bonds. The fourth-order valence-electron chi connectivity index (χ4n) is 2.24. The van der Waals surface area contributed by atoms with E-state index in [2.05, 4.69) is 0 Å². The molecule has 0 fully saturated rings. The number of hydrogen-bond acceptors (Lipinski definition) is 4. The molecule has 0 saturated heterocycles. The Morgan fingerprint density at radius 2 is 1.24 bits per heavy atom. The zero-order valence-electron chi connectivity index (χ0n) is 10.5. The highest BCUT2D eigenvalue weighted by molar-refractivity contribution is 7.25. The standard InChI is InChI=1S/C15H8O5S/c16-11-7-3-1-5-9(14(17)18)12(7)21-13-8(11)4-2-6-10(13)15(19)20/h1-6H,(H,17,18)(H,19,20). The predicted octanol–water partition coefficient (Wildman–Crippen LogP) is 2.81. The smallest absolute Gasteiger partial charge is 0.337 e. The second kappa shape index (κ2) is 4.68. The molecule has 0 spiro atoms. The highest BCUT2D eigenvalue weighted by atomic mass is 32.1. The summed E-state index contributed by atoms with van der Waals surface area (Å²) in [7, 11) is 0. The number of hydrogen-bond donors (Lipinski definition) is 2. The Balaban J connectivity index is 2.60. The Bertz CT molecular complexity index is 896. The number of benzene rings is 2. The van der Waals surface area contributed by atoms with Gasteiger partial charge in [-0.3, -0.25) is 4.79 Å². The average Bonchev–Trinajstić information content (AvgIpc) is 2.46. The first-order chi connectivity index (χ1) is 10.0. The van der Waals surface area contributed by atoms with Crippen LogP contribution in [0.25, 0.3) is 20.2 Å². The van der Waals surface area contributed by atoms with Gasteiger partial charge in [-0.25, -0.2) is 9.59 Å². The minimum Gasteiger partial charge on any atom is -0.478 e. The zero-order valence-corrected chi connectivity index (χ0v) is 11.3. The maximum atomic E-state index is 12.5. The summed E-state index contributed by atoms with van der Waals surface area (Å²) in [6, 6.07) is 8.91. The fourth-order valence-corrected chi connectivity index (χ4v) is 3.51. The molecule has 0 aliphatic rings. The van der Waals surface area contributed by atoms with E-state index in [0.29, 0.717) is 0 Å². The SMILES string of the molecule is O=C(O)c1cccc2c(=O)c3cccc(C(=O)O)c3sc12. The molecule has 0 aliphatic carbocycles. The summed E-state index contributed by atoms with van der Waals surface area (Å²) in [5.74, 6) is -2.30. The van der Waals surface area contributed by atoms with Gasteiger partial charge in [0.25, 0.3) is 0 Å². The van der Waals surface area contributed by atoms with E-state index in [1.165, 1.54) is 24.3 Å². The van der Waals surface area contributed by atoms with Crippen LogP contribution < -0.4 is 5.43 Å². The second-order valence-electron chi connectivity index (χ2n) is 4.41. The highest BCUT2D eigenvalue weighted by Crippen LogP contribution is 2.29. The third-order valence-corrected chi connectivity index (χ3v) is 4.47. The van der Waals surface area contributed by atoms with Gasteiger partial charge < -0.3 is 10.2 Å². The van der Waals surface area contributed by atoms with Crippen LogP contribution in [-0.4, -0.2) is 22.2 Å². The lowest BCUT2D eigenvalue weighted by atomic mass is 10.1. The van der Waals surface area contributed by atoms with Crippen LogP contribution in [0.15, 0.2) is 41.2 Å². The van der Waals surface area contributed by atoms with Crippen LogP contribution in [0.5, 0.6) is 0 Å². The van der Waals surface area contributed by atoms with E-state index in [0.717, 1.165) is 11.3 Å². The quantitative estimate of drug-likeness (QED) is 0.710. The molecule has 0 unspecified atom stereocenters. The van der Waals surface area contributed by atoms with Crippen molar-refractivity contribution < 1.29 is 19.8 Å². The summed E-state index contributed by atoms with van der Waals surface area (Å²) in [5.41, 5.74) is -0.363. The van der Waals surface area contributed by atoms with Crippen LogP contribution in [-0.2, 0) is 0 Å². The first-order valence-corrected chi connectivity index (χ1v) is 6.77. The van der Waals surface area contributed by atoms with Gasteiger partial charge in [0.05, 0.1) is 20.5 Å². The monoisotopic (exact) mass is 300 g/mol. The number of rotatable bonds is 2. The lowest BCUT2D eigenvalue weighted by molar-refractivity contribution is 0.0688. The molecule has 21 heavy (non-hydrogen) atoms. The van der Waals surface area contributed by atoms with Gasteiger partial charge in [0.1, 0.15) is 0 Å². The Morgan fingerprint density at radius 1 is 0.810 bits per heavy atom. The number of fused-ring (bicyclic) bond motifs is 2. The third-order valence-electron chi connectivity index (χ3n) is 3.18. The summed E-state index contributed by atoms with van der Waals surface area (Å²) in [6.45, 7) is 0. The van der Waals surface area contributed by atoms with Crippen LogP contribution in [0.4, 0.5) is 0 Å². The van der Waals surface area contributed by atoms with Gasteiger partial charge in [0.2, 0.25) is 0 Å². The largest absolute Gasteiger partial charge is 0.478 e. The van der Waals surface area contributed by atoms with Gasteiger partial charge in [-0.2, -0.15) is 0 Å². The van der Waals surface area contributed by atoms with Crippen LogP contribution in [0.2, 0.25) is 0 Å². The van der Waals surface area contributed by atoms with E-state index < -0.39 is 11.9 Å².